The number of nitrogen functional groups attached to an aromatic ring is 1. The first kappa shape index (κ1) is 11.9. The van der Waals surface area contributed by atoms with Gasteiger partial charge in [0, 0.05) is 10.0 Å². The highest BCUT2D eigenvalue weighted by Crippen LogP contribution is 2.21. The van der Waals surface area contributed by atoms with Crippen molar-refractivity contribution in [1.82, 2.24) is 14.8 Å². The zero-order valence-corrected chi connectivity index (χ0v) is 10.1. The summed E-state index contributed by atoms with van der Waals surface area (Å²) in [6.45, 7) is 0. The molecule has 5 nitrogen and oxygen atoms in total. The number of rotatable bonds is 2. The molecular formula is C10H8Cl2N4O. The van der Waals surface area contributed by atoms with E-state index in [4.69, 9.17) is 28.9 Å². The number of carbonyl (C=O) groups is 1. The van der Waals surface area contributed by atoms with Crippen LogP contribution in [0, 0.1) is 0 Å². The Kier molecular flexibility index (Phi) is 3.31. The monoisotopic (exact) mass is 270 g/mol. The summed E-state index contributed by atoms with van der Waals surface area (Å²) in [6, 6.07) is 4.95. The van der Waals surface area contributed by atoms with Crippen molar-refractivity contribution in [2.45, 2.75) is 6.42 Å². The molecule has 17 heavy (non-hydrogen) atoms. The third kappa shape index (κ3) is 2.75. The largest absolute Gasteiger partial charge is 0.366 e. The first-order valence-electron chi connectivity index (χ1n) is 4.70. The van der Waals surface area contributed by atoms with Gasteiger partial charge < -0.3 is 5.73 Å². The summed E-state index contributed by atoms with van der Waals surface area (Å²) >= 11 is 11.7. The van der Waals surface area contributed by atoms with Crippen molar-refractivity contribution in [2.75, 3.05) is 5.73 Å². The molecule has 0 aliphatic rings. The van der Waals surface area contributed by atoms with E-state index < -0.39 is 0 Å². The number of carbonyl (C=O) groups excluding carboxylic acids is 1. The maximum absolute atomic E-state index is 11.8. The molecule has 0 atom stereocenters. The number of halogens is 2. The predicted octanol–water partition coefficient (Wildman–Crippen LogP) is 2.05. The highest BCUT2D eigenvalue weighted by Gasteiger charge is 2.11. The second kappa shape index (κ2) is 4.73. The summed E-state index contributed by atoms with van der Waals surface area (Å²) in [4.78, 5) is 15.4. The average molecular weight is 271 g/mol. The SMILES string of the molecule is Nc1ncn(C(=O)Cc2ccc(Cl)cc2Cl)n1. The molecule has 0 amide bonds. The normalized spacial score (nSPS) is 10.5. The van der Waals surface area contributed by atoms with E-state index in [1.165, 1.54) is 6.33 Å². The molecule has 0 radical (unpaired) electrons. The first-order chi connectivity index (χ1) is 8.06. The maximum Gasteiger partial charge on any atom is 0.252 e. The Labute approximate surface area is 107 Å². The molecule has 0 aliphatic carbocycles. The molecule has 1 heterocycles. The van der Waals surface area contributed by atoms with Crippen molar-refractivity contribution >= 4 is 35.1 Å². The van der Waals surface area contributed by atoms with E-state index in [1.807, 2.05) is 0 Å². The van der Waals surface area contributed by atoms with Gasteiger partial charge in [-0.05, 0) is 17.7 Å². The van der Waals surface area contributed by atoms with Crippen molar-refractivity contribution in [3.8, 4) is 0 Å². The lowest BCUT2D eigenvalue weighted by atomic mass is 10.1. The van der Waals surface area contributed by atoms with Gasteiger partial charge in [-0.3, -0.25) is 4.79 Å². The Morgan fingerprint density at radius 1 is 1.41 bits per heavy atom. The molecule has 1 aromatic heterocycles. The maximum atomic E-state index is 11.8. The minimum absolute atomic E-state index is 0.0561. The molecule has 7 heteroatoms. The lowest BCUT2D eigenvalue weighted by Crippen LogP contribution is -2.14. The topological polar surface area (TPSA) is 73.8 Å². The second-order valence-electron chi connectivity index (χ2n) is 3.35. The zero-order chi connectivity index (χ0) is 12.4. The summed E-state index contributed by atoms with van der Waals surface area (Å²) in [5.41, 5.74) is 6.00. The van der Waals surface area contributed by atoms with Crippen molar-refractivity contribution in [1.29, 1.82) is 0 Å². The van der Waals surface area contributed by atoms with Crippen molar-refractivity contribution in [2.24, 2.45) is 0 Å². The second-order valence-corrected chi connectivity index (χ2v) is 4.20. The lowest BCUT2D eigenvalue weighted by Gasteiger charge is -2.03. The summed E-state index contributed by atoms with van der Waals surface area (Å²) in [6.07, 6.45) is 1.38. The van der Waals surface area contributed by atoms with Gasteiger partial charge in [0.1, 0.15) is 6.33 Å². The van der Waals surface area contributed by atoms with Crippen molar-refractivity contribution < 1.29 is 4.79 Å². The summed E-state index contributed by atoms with van der Waals surface area (Å²) in [5.74, 6) is -0.209. The van der Waals surface area contributed by atoms with Gasteiger partial charge in [-0.2, -0.15) is 4.68 Å². The molecule has 0 unspecified atom stereocenters. The molecule has 2 aromatic rings. The van der Waals surface area contributed by atoms with Crippen LogP contribution in [0.4, 0.5) is 5.95 Å². The molecule has 0 aliphatic heterocycles. The number of hydrogen-bond donors (Lipinski definition) is 1. The smallest absolute Gasteiger partial charge is 0.252 e. The van der Waals surface area contributed by atoms with Gasteiger partial charge in [-0.1, -0.05) is 29.3 Å². The molecule has 2 rings (SSSR count). The van der Waals surface area contributed by atoms with E-state index >= 15 is 0 Å². The summed E-state index contributed by atoms with van der Waals surface area (Å²) in [5, 5.41) is 4.69. The Balaban J connectivity index is 2.18. The number of hydrogen-bond acceptors (Lipinski definition) is 4. The van der Waals surface area contributed by atoms with E-state index in [-0.39, 0.29) is 18.3 Å². The molecule has 2 N–H and O–H groups in total. The van der Waals surface area contributed by atoms with Crippen LogP contribution >= 0.6 is 23.2 Å². The van der Waals surface area contributed by atoms with E-state index in [9.17, 15) is 4.79 Å². The Bertz CT molecular complexity index is 567. The quantitative estimate of drug-likeness (QED) is 0.907. The Hall–Kier alpha value is -1.59. The molecule has 0 saturated carbocycles. The van der Waals surface area contributed by atoms with Crippen LogP contribution in [0.25, 0.3) is 0 Å². The predicted molar refractivity (Wildman–Crippen MR) is 65.2 cm³/mol. The highest BCUT2D eigenvalue weighted by molar-refractivity contribution is 6.35. The Morgan fingerprint density at radius 2 is 2.18 bits per heavy atom. The number of nitrogens with zero attached hydrogens (tertiary/aromatic N) is 3. The number of nitrogens with two attached hydrogens (primary N) is 1. The van der Waals surface area contributed by atoms with Crippen LogP contribution in [0.2, 0.25) is 10.0 Å². The minimum Gasteiger partial charge on any atom is -0.366 e. The van der Waals surface area contributed by atoms with Gasteiger partial charge in [0.25, 0.3) is 5.91 Å². The fourth-order valence-corrected chi connectivity index (χ4v) is 1.78. The summed E-state index contributed by atoms with van der Waals surface area (Å²) < 4.78 is 1.08. The molecule has 1 aromatic carbocycles. The van der Waals surface area contributed by atoms with E-state index in [0.717, 1.165) is 4.68 Å². The minimum atomic E-state index is -0.265. The van der Waals surface area contributed by atoms with E-state index in [0.29, 0.717) is 15.6 Å². The third-order valence-electron chi connectivity index (χ3n) is 2.12. The van der Waals surface area contributed by atoms with E-state index in [1.54, 1.807) is 18.2 Å². The first-order valence-corrected chi connectivity index (χ1v) is 5.46. The van der Waals surface area contributed by atoms with Crippen molar-refractivity contribution in [3.05, 3.63) is 40.1 Å². The summed E-state index contributed by atoms with van der Waals surface area (Å²) in [7, 11) is 0. The van der Waals surface area contributed by atoms with Gasteiger partial charge in [0.15, 0.2) is 0 Å². The van der Waals surface area contributed by atoms with Crippen LogP contribution < -0.4 is 5.73 Å². The number of aromatic nitrogens is 3. The van der Waals surface area contributed by atoms with Gasteiger partial charge in [-0.25, -0.2) is 4.98 Å². The van der Waals surface area contributed by atoms with Crippen LogP contribution in [0.3, 0.4) is 0 Å². The molecule has 0 saturated heterocycles. The van der Waals surface area contributed by atoms with Crippen LogP contribution in [-0.2, 0) is 6.42 Å². The average Bonchev–Trinajstić information content (AvgIpc) is 2.69. The van der Waals surface area contributed by atoms with Crippen LogP contribution in [0.5, 0.6) is 0 Å². The van der Waals surface area contributed by atoms with Crippen LogP contribution in [-0.4, -0.2) is 20.7 Å². The van der Waals surface area contributed by atoms with Gasteiger partial charge >= 0.3 is 0 Å². The van der Waals surface area contributed by atoms with Gasteiger partial charge in [0.05, 0.1) is 6.42 Å². The van der Waals surface area contributed by atoms with Crippen molar-refractivity contribution in [3.63, 3.8) is 0 Å². The standard InChI is InChI=1S/C10H8Cl2N4O/c11-7-2-1-6(8(12)4-7)3-9(17)16-5-14-10(13)15-16/h1-2,4-5H,3H2,(H2,13,15). The fourth-order valence-electron chi connectivity index (χ4n) is 1.30. The van der Waals surface area contributed by atoms with Crippen LogP contribution in [0.1, 0.15) is 10.4 Å². The van der Waals surface area contributed by atoms with E-state index in [2.05, 4.69) is 10.1 Å². The molecule has 0 spiro atoms. The Morgan fingerprint density at radius 3 is 2.76 bits per heavy atom. The van der Waals surface area contributed by atoms with Crippen LogP contribution in [0.15, 0.2) is 24.5 Å². The number of anilines is 1. The third-order valence-corrected chi connectivity index (χ3v) is 2.71. The molecular weight excluding hydrogens is 263 g/mol. The van der Waals surface area contributed by atoms with Gasteiger partial charge in [0.2, 0.25) is 5.95 Å². The molecule has 88 valence electrons. The molecule has 0 fully saturated rings. The highest BCUT2D eigenvalue weighted by atomic mass is 35.5. The number of benzene rings is 1. The molecule has 0 bridgehead atoms. The van der Waals surface area contributed by atoms with Gasteiger partial charge in [-0.15, -0.1) is 5.10 Å². The fraction of sp³-hybridized carbons (Fsp3) is 0.100. The zero-order valence-electron chi connectivity index (χ0n) is 8.60. The lowest BCUT2D eigenvalue weighted by molar-refractivity contribution is 0.0898.